The van der Waals surface area contributed by atoms with Gasteiger partial charge in [0.25, 0.3) is 15.9 Å². The third-order valence-electron chi connectivity index (χ3n) is 5.49. The molecule has 7 heteroatoms. The van der Waals surface area contributed by atoms with Gasteiger partial charge in [0.15, 0.2) is 0 Å². The van der Waals surface area contributed by atoms with Crippen LogP contribution in [0.1, 0.15) is 34.5 Å². The third kappa shape index (κ3) is 4.14. The normalized spacial score (nSPS) is 14.1. The fraction of sp³-hybridized carbons (Fsp3) is 0.208. The summed E-state index contributed by atoms with van der Waals surface area (Å²) in [4.78, 5) is 13.0. The Kier molecular flexibility index (Phi) is 5.69. The zero-order valence-electron chi connectivity index (χ0n) is 17.4. The number of hydrogen-bond acceptors (Lipinski definition) is 4. The summed E-state index contributed by atoms with van der Waals surface area (Å²) < 4.78 is 32.6. The van der Waals surface area contributed by atoms with Gasteiger partial charge >= 0.3 is 0 Å². The number of nitrogens with zero attached hydrogens (tertiary/aromatic N) is 1. The lowest BCUT2D eigenvalue weighted by molar-refractivity contribution is 0.0940. The van der Waals surface area contributed by atoms with Crippen molar-refractivity contribution in [2.45, 2.75) is 24.3 Å². The van der Waals surface area contributed by atoms with E-state index in [9.17, 15) is 13.2 Å². The molecule has 0 aliphatic carbocycles. The minimum atomic E-state index is -3.62. The van der Waals surface area contributed by atoms with E-state index in [0.29, 0.717) is 24.2 Å². The second kappa shape index (κ2) is 8.43. The second-order valence-electron chi connectivity index (χ2n) is 7.45. The standard InChI is InChI=1S/C24H24N2O4S/c1-17(18-8-11-21(30-2)12-9-18)25-24(27)20-10-13-23-19(16-20)14-15-26(23)31(28,29)22-6-4-3-5-7-22/h3-13,16-17H,14-15H2,1-2H3,(H,25,27). The lowest BCUT2D eigenvalue weighted by atomic mass is 10.1. The van der Waals surface area contributed by atoms with E-state index in [0.717, 1.165) is 16.9 Å². The molecule has 0 spiro atoms. The minimum absolute atomic E-state index is 0.179. The first-order chi connectivity index (χ1) is 14.9. The van der Waals surface area contributed by atoms with Gasteiger partial charge in [-0.2, -0.15) is 0 Å². The molecule has 6 nitrogen and oxygen atoms in total. The SMILES string of the molecule is COc1ccc(C(C)NC(=O)c2ccc3c(c2)CCN3S(=O)(=O)c2ccccc2)cc1. The summed E-state index contributed by atoms with van der Waals surface area (Å²) in [5, 5.41) is 3.00. The van der Waals surface area contributed by atoms with Gasteiger partial charge in [0, 0.05) is 12.1 Å². The summed E-state index contributed by atoms with van der Waals surface area (Å²) in [6, 6.07) is 20.9. The van der Waals surface area contributed by atoms with E-state index in [1.165, 1.54) is 4.31 Å². The van der Waals surface area contributed by atoms with Crippen molar-refractivity contribution in [1.29, 1.82) is 0 Å². The lowest BCUT2D eigenvalue weighted by Crippen LogP contribution is -2.29. The number of amides is 1. The second-order valence-corrected chi connectivity index (χ2v) is 9.31. The Balaban J connectivity index is 1.51. The van der Waals surface area contributed by atoms with Gasteiger partial charge < -0.3 is 10.1 Å². The van der Waals surface area contributed by atoms with Gasteiger partial charge in [0.1, 0.15) is 5.75 Å². The van der Waals surface area contributed by atoms with Gasteiger partial charge in [-0.05, 0) is 66.9 Å². The van der Waals surface area contributed by atoms with Crippen molar-refractivity contribution in [3.63, 3.8) is 0 Å². The highest BCUT2D eigenvalue weighted by molar-refractivity contribution is 7.92. The summed E-state index contributed by atoms with van der Waals surface area (Å²) in [6.07, 6.45) is 0.566. The molecule has 0 bridgehead atoms. The van der Waals surface area contributed by atoms with E-state index in [1.54, 1.807) is 55.6 Å². The van der Waals surface area contributed by atoms with Crippen LogP contribution in [0, 0.1) is 0 Å². The molecule has 160 valence electrons. The van der Waals surface area contributed by atoms with Crippen LogP contribution in [0.5, 0.6) is 5.75 Å². The molecule has 1 heterocycles. The van der Waals surface area contributed by atoms with Crippen LogP contribution in [-0.4, -0.2) is 28.0 Å². The molecule has 1 unspecified atom stereocenters. The number of nitrogens with one attached hydrogen (secondary N) is 1. The number of ether oxygens (including phenoxy) is 1. The van der Waals surface area contributed by atoms with Gasteiger partial charge in [-0.1, -0.05) is 30.3 Å². The first-order valence-electron chi connectivity index (χ1n) is 10.1. The predicted molar refractivity (Wildman–Crippen MR) is 120 cm³/mol. The number of carbonyl (C=O) groups is 1. The van der Waals surface area contributed by atoms with Crippen LogP contribution < -0.4 is 14.4 Å². The number of sulfonamides is 1. The highest BCUT2D eigenvalue weighted by Gasteiger charge is 2.31. The van der Waals surface area contributed by atoms with Crippen molar-refractivity contribution in [2.75, 3.05) is 18.0 Å². The Bertz CT molecular complexity index is 1190. The van der Waals surface area contributed by atoms with Crippen LogP contribution in [0.15, 0.2) is 77.7 Å². The van der Waals surface area contributed by atoms with E-state index in [1.807, 2.05) is 31.2 Å². The molecule has 1 aliphatic rings. The van der Waals surface area contributed by atoms with Gasteiger partial charge in [-0.3, -0.25) is 9.10 Å². The molecule has 1 aliphatic heterocycles. The van der Waals surface area contributed by atoms with Crippen LogP contribution in [0.3, 0.4) is 0 Å². The Morgan fingerprint density at radius 1 is 1.03 bits per heavy atom. The molecule has 0 radical (unpaired) electrons. The van der Waals surface area contributed by atoms with E-state index in [-0.39, 0.29) is 16.8 Å². The van der Waals surface area contributed by atoms with E-state index in [4.69, 9.17) is 4.74 Å². The van der Waals surface area contributed by atoms with Crippen molar-refractivity contribution >= 4 is 21.6 Å². The predicted octanol–water partition coefficient (Wildman–Crippen LogP) is 3.94. The average Bonchev–Trinajstić information content (AvgIpc) is 3.24. The molecule has 3 aromatic carbocycles. The van der Waals surface area contributed by atoms with Crippen LogP contribution in [-0.2, 0) is 16.4 Å². The average molecular weight is 437 g/mol. The molecule has 0 saturated carbocycles. The molecule has 0 saturated heterocycles. The smallest absolute Gasteiger partial charge is 0.264 e. The van der Waals surface area contributed by atoms with E-state index in [2.05, 4.69) is 5.32 Å². The Hall–Kier alpha value is -3.32. The third-order valence-corrected chi connectivity index (χ3v) is 7.32. The minimum Gasteiger partial charge on any atom is -0.497 e. The monoisotopic (exact) mass is 436 g/mol. The lowest BCUT2D eigenvalue weighted by Gasteiger charge is -2.20. The highest BCUT2D eigenvalue weighted by Crippen LogP contribution is 2.33. The molecule has 4 rings (SSSR count). The summed E-state index contributed by atoms with van der Waals surface area (Å²) in [5.41, 5.74) is 2.96. The van der Waals surface area contributed by atoms with Crippen molar-refractivity contribution < 1.29 is 17.9 Å². The largest absolute Gasteiger partial charge is 0.497 e. The number of fused-ring (bicyclic) bond motifs is 1. The summed E-state index contributed by atoms with van der Waals surface area (Å²) in [6.45, 7) is 2.28. The molecule has 0 fully saturated rings. The number of anilines is 1. The Morgan fingerprint density at radius 2 is 1.74 bits per heavy atom. The number of hydrogen-bond donors (Lipinski definition) is 1. The zero-order valence-corrected chi connectivity index (χ0v) is 18.2. The number of rotatable bonds is 6. The molecule has 0 aromatic heterocycles. The molecular weight excluding hydrogens is 412 g/mol. The fourth-order valence-electron chi connectivity index (χ4n) is 3.74. The summed E-state index contributed by atoms with van der Waals surface area (Å²) in [7, 11) is -2.01. The van der Waals surface area contributed by atoms with Gasteiger partial charge in [-0.25, -0.2) is 8.42 Å². The topological polar surface area (TPSA) is 75.7 Å². The van der Waals surface area contributed by atoms with Crippen molar-refractivity contribution in [1.82, 2.24) is 5.32 Å². The fourth-order valence-corrected chi connectivity index (χ4v) is 5.26. The first kappa shape index (κ1) is 20.9. The molecule has 1 amide bonds. The van der Waals surface area contributed by atoms with Gasteiger partial charge in [0.2, 0.25) is 0 Å². The molecule has 3 aromatic rings. The van der Waals surface area contributed by atoms with Crippen LogP contribution in [0.4, 0.5) is 5.69 Å². The maximum atomic E-state index is 13.0. The van der Waals surface area contributed by atoms with Crippen molar-refractivity contribution in [3.8, 4) is 5.75 Å². The Labute approximate surface area is 182 Å². The summed E-state index contributed by atoms with van der Waals surface area (Å²) in [5.74, 6) is 0.561. The highest BCUT2D eigenvalue weighted by atomic mass is 32.2. The molecule has 31 heavy (non-hydrogen) atoms. The van der Waals surface area contributed by atoms with Gasteiger partial charge in [0.05, 0.1) is 23.7 Å². The van der Waals surface area contributed by atoms with Crippen molar-refractivity contribution in [2.24, 2.45) is 0 Å². The van der Waals surface area contributed by atoms with E-state index >= 15 is 0 Å². The summed E-state index contributed by atoms with van der Waals surface area (Å²) >= 11 is 0. The maximum Gasteiger partial charge on any atom is 0.264 e. The first-order valence-corrected chi connectivity index (χ1v) is 11.5. The van der Waals surface area contributed by atoms with Crippen LogP contribution in [0.2, 0.25) is 0 Å². The number of carbonyl (C=O) groups excluding carboxylic acids is 1. The number of methoxy groups -OCH3 is 1. The zero-order chi connectivity index (χ0) is 22.0. The van der Waals surface area contributed by atoms with Crippen LogP contribution >= 0.6 is 0 Å². The Morgan fingerprint density at radius 3 is 2.42 bits per heavy atom. The van der Waals surface area contributed by atoms with Crippen molar-refractivity contribution in [3.05, 3.63) is 89.5 Å². The quantitative estimate of drug-likeness (QED) is 0.635. The molecule has 1 atom stereocenters. The molecular formula is C24H24N2O4S. The van der Waals surface area contributed by atoms with E-state index < -0.39 is 10.0 Å². The van der Waals surface area contributed by atoms with Crippen LogP contribution in [0.25, 0.3) is 0 Å². The maximum absolute atomic E-state index is 13.0. The number of benzene rings is 3. The molecule has 1 N–H and O–H groups in total. The van der Waals surface area contributed by atoms with Gasteiger partial charge in [-0.15, -0.1) is 0 Å².